The first-order chi connectivity index (χ1) is 8.24. The van der Waals surface area contributed by atoms with Crippen molar-refractivity contribution in [2.75, 3.05) is 5.33 Å². The zero-order valence-electron chi connectivity index (χ0n) is 9.99. The van der Waals surface area contributed by atoms with E-state index in [2.05, 4.69) is 21.0 Å². The summed E-state index contributed by atoms with van der Waals surface area (Å²) in [5, 5.41) is 5.49. The summed E-state index contributed by atoms with van der Waals surface area (Å²) in [6.07, 6.45) is 6.96. The molecule has 2 aliphatic rings. The first kappa shape index (κ1) is 11.5. The summed E-state index contributed by atoms with van der Waals surface area (Å²) in [5.74, 6) is 0.991. The van der Waals surface area contributed by atoms with Crippen molar-refractivity contribution in [1.82, 2.24) is 14.3 Å². The van der Waals surface area contributed by atoms with E-state index in [1.54, 1.807) is 4.68 Å². The molecule has 1 aliphatic carbocycles. The summed E-state index contributed by atoms with van der Waals surface area (Å²) >= 11 is 3.59. The molecule has 1 saturated carbocycles. The molecule has 5 heteroatoms. The van der Waals surface area contributed by atoms with Gasteiger partial charge in [0.05, 0.1) is 6.54 Å². The number of fused-ring (bicyclic) bond motifs is 1. The van der Waals surface area contributed by atoms with Crippen molar-refractivity contribution >= 4 is 15.9 Å². The van der Waals surface area contributed by atoms with Gasteiger partial charge in [-0.15, -0.1) is 0 Å². The minimum absolute atomic E-state index is 0.104. The monoisotopic (exact) mass is 299 g/mol. The van der Waals surface area contributed by atoms with E-state index >= 15 is 0 Å². The third-order valence-corrected chi connectivity index (χ3v) is 5.40. The van der Waals surface area contributed by atoms with E-state index in [-0.39, 0.29) is 11.1 Å². The summed E-state index contributed by atoms with van der Waals surface area (Å²) in [6, 6.07) is 0. The largest absolute Gasteiger partial charge is 0.345 e. The Morgan fingerprint density at radius 2 is 2.12 bits per heavy atom. The normalized spacial score (nSPS) is 21.9. The molecular formula is C12H18BrN3O. The Bertz CT molecular complexity index is 467. The highest BCUT2D eigenvalue weighted by atomic mass is 79.9. The van der Waals surface area contributed by atoms with Gasteiger partial charge in [0, 0.05) is 18.3 Å². The van der Waals surface area contributed by atoms with Crippen molar-refractivity contribution in [2.45, 2.75) is 51.6 Å². The van der Waals surface area contributed by atoms with E-state index < -0.39 is 0 Å². The second kappa shape index (κ2) is 4.26. The molecule has 0 amide bonds. The second-order valence-electron chi connectivity index (χ2n) is 5.45. The third-order valence-electron chi connectivity index (χ3n) is 4.21. The number of halogens is 1. The molecule has 1 aromatic rings. The molecule has 4 nitrogen and oxygen atoms in total. The Kier molecular flexibility index (Phi) is 2.89. The van der Waals surface area contributed by atoms with Crippen molar-refractivity contribution in [2.24, 2.45) is 5.41 Å². The Labute approximate surface area is 109 Å². The van der Waals surface area contributed by atoms with Crippen LogP contribution in [0, 0.1) is 5.41 Å². The van der Waals surface area contributed by atoms with Gasteiger partial charge < -0.3 is 0 Å². The second-order valence-corrected chi connectivity index (χ2v) is 6.01. The summed E-state index contributed by atoms with van der Waals surface area (Å²) in [7, 11) is 0. The Morgan fingerprint density at radius 3 is 2.71 bits per heavy atom. The van der Waals surface area contributed by atoms with Crippen LogP contribution in [0.2, 0.25) is 0 Å². The predicted molar refractivity (Wildman–Crippen MR) is 69.5 cm³/mol. The molecule has 0 saturated heterocycles. The highest BCUT2D eigenvalue weighted by Gasteiger charge is 2.37. The molecule has 0 bridgehead atoms. The van der Waals surface area contributed by atoms with Gasteiger partial charge in [0.25, 0.3) is 0 Å². The molecule has 17 heavy (non-hydrogen) atoms. The van der Waals surface area contributed by atoms with Crippen LogP contribution in [0.4, 0.5) is 0 Å². The molecule has 1 aromatic heterocycles. The van der Waals surface area contributed by atoms with Crippen LogP contribution in [0.15, 0.2) is 4.79 Å². The fourth-order valence-corrected chi connectivity index (χ4v) is 3.62. The number of hydrogen-bond donors (Lipinski definition) is 0. The van der Waals surface area contributed by atoms with Crippen LogP contribution in [0.5, 0.6) is 0 Å². The molecule has 2 heterocycles. The topological polar surface area (TPSA) is 39.8 Å². The highest BCUT2D eigenvalue weighted by Crippen LogP contribution is 2.43. The molecule has 3 rings (SSSR count). The zero-order valence-corrected chi connectivity index (χ0v) is 11.6. The molecule has 0 spiro atoms. The van der Waals surface area contributed by atoms with Crippen LogP contribution in [0.3, 0.4) is 0 Å². The van der Waals surface area contributed by atoms with E-state index in [0.29, 0.717) is 0 Å². The Balaban J connectivity index is 1.88. The number of hydrogen-bond acceptors (Lipinski definition) is 2. The van der Waals surface area contributed by atoms with E-state index in [1.165, 1.54) is 25.7 Å². The van der Waals surface area contributed by atoms with Gasteiger partial charge in [0.2, 0.25) is 0 Å². The van der Waals surface area contributed by atoms with Crippen molar-refractivity contribution in [1.29, 1.82) is 0 Å². The summed E-state index contributed by atoms with van der Waals surface area (Å²) in [6.45, 7) is 1.65. The lowest BCUT2D eigenvalue weighted by Crippen LogP contribution is -2.39. The fourth-order valence-electron chi connectivity index (χ4n) is 2.88. The third kappa shape index (κ3) is 1.88. The van der Waals surface area contributed by atoms with Gasteiger partial charge in [-0.25, -0.2) is 9.48 Å². The van der Waals surface area contributed by atoms with Gasteiger partial charge in [-0.05, 0) is 31.1 Å². The van der Waals surface area contributed by atoms with Crippen LogP contribution in [-0.2, 0) is 19.5 Å². The predicted octanol–water partition coefficient (Wildman–Crippen LogP) is 1.95. The van der Waals surface area contributed by atoms with E-state index in [9.17, 15) is 4.79 Å². The first-order valence-electron chi connectivity index (χ1n) is 6.47. The first-order valence-corrected chi connectivity index (χ1v) is 7.59. The minimum atomic E-state index is 0.104. The molecule has 0 atom stereocenters. The van der Waals surface area contributed by atoms with Gasteiger partial charge in [0.1, 0.15) is 5.82 Å². The molecule has 0 aromatic carbocycles. The number of nitrogens with zero attached hydrogens (tertiary/aromatic N) is 3. The lowest BCUT2D eigenvalue weighted by molar-refractivity contribution is 0.131. The molecule has 0 radical (unpaired) electrons. The van der Waals surface area contributed by atoms with E-state index in [0.717, 1.165) is 37.1 Å². The molecule has 0 unspecified atom stereocenters. The van der Waals surface area contributed by atoms with Crippen LogP contribution < -0.4 is 5.69 Å². The molecule has 1 fully saturated rings. The molecule has 94 valence electrons. The lowest BCUT2D eigenvalue weighted by atomic mass is 9.70. The number of rotatable bonds is 3. The summed E-state index contributed by atoms with van der Waals surface area (Å²) < 4.78 is 3.57. The van der Waals surface area contributed by atoms with Crippen molar-refractivity contribution in [3.63, 3.8) is 0 Å². The fraction of sp³-hybridized carbons (Fsp3) is 0.833. The smallest absolute Gasteiger partial charge is 0.279 e. The van der Waals surface area contributed by atoms with Gasteiger partial charge in [0.15, 0.2) is 0 Å². The lowest BCUT2D eigenvalue weighted by Gasteiger charge is -2.39. The van der Waals surface area contributed by atoms with E-state index in [1.807, 2.05) is 4.57 Å². The van der Waals surface area contributed by atoms with Crippen LogP contribution in [0.25, 0.3) is 0 Å². The SMILES string of the molecule is O=c1n(CC2(CBr)CCC2)nc2n1CCCC2. The highest BCUT2D eigenvalue weighted by molar-refractivity contribution is 9.09. The number of alkyl halides is 1. The molecule has 0 N–H and O–H groups in total. The Morgan fingerprint density at radius 1 is 1.29 bits per heavy atom. The number of aromatic nitrogens is 3. The van der Waals surface area contributed by atoms with Crippen LogP contribution >= 0.6 is 15.9 Å². The zero-order chi connectivity index (χ0) is 11.9. The maximum atomic E-state index is 12.2. The average Bonchev–Trinajstić information content (AvgIpc) is 2.62. The van der Waals surface area contributed by atoms with Gasteiger partial charge >= 0.3 is 5.69 Å². The summed E-state index contributed by atoms with van der Waals surface area (Å²) in [4.78, 5) is 12.2. The average molecular weight is 300 g/mol. The maximum Gasteiger partial charge on any atom is 0.345 e. The quantitative estimate of drug-likeness (QED) is 0.800. The van der Waals surface area contributed by atoms with Crippen molar-refractivity contribution < 1.29 is 0 Å². The standard InChI is InChI=1S/C12H18BrN3O/c13-8-12(5-3-6-12)9-16-11(17)15-7-2-1-4-10(15)14-16/h1-9H2. The Hall–Kier alpha value is -0.580. The summed E-state index contributed by atoms with van der Waals surface area (Å²) in [5.41, 5.74) is 0.390. The van der Waals surface area contributed by atoms with Gasteiger partial charge in [-0.1, -0.05) is 22.4 Å². The van der Waals surface area contributed by atoms with E-state index in [4.69, 9.17) is 0 Å². The van der Waals surface area contributed by atoms with Crippen molar-refractivity contribution in [3.8, 4) is 0 Å². The molecular weight excluding hydrogens is 282 g/mol. The van der Waals surface area contributed by atoms with Gasteiger partial charge in [-0.2, -0.15) is 5.10 Å². The van der Waals surface area contributed by atoms with Crippen LogP contribution in [0.1, 0.15) is 37.9 Å². The van der Waals surface area contributed by atoms with Crippen LogP contribution in [-0.4, -0.2) is 19.7 Å². The maximum absolute atomic E-state index is 12.2. The minimum Gasteiger partial charge on any atom is -0.279 e. The molecule has 1 aliphatic heterocycles. The number of aryl methyl sites for hydroxylation is 1. The van der Waals surface area contributed by atoms with Crippen molar-refractivity contribution in [3.05, 3.63) is 16.3 Å². The van der Waals surface area contributed by atoms with Gasteiger partial charge in [-0.3, -0.25) is 4.57 Å².